The van der Waals surface area contributed by atoms with Gasteiger partial charge in [-0.3, -0.25) is 9.78 Å². The molecule has 0 fully saturated rings. The van der Waals surface area contributed by atoms with Crippen molar-refractivity contribution in [2.24, 2.45) is 0 Å². The second kappa shape index (κ2) is 9.15. The first kappa shape index (κ1) is 20.2. The Morgan fingerprint density at radius 2 is 2.00 bits per heavy atom. The Labute approximate surface area is 182 Å². The lowest BCUT2D eigenvalue weighted by atomic mass is 10.1. The number of nitrogens with one attached hydrogen (secondary N) is 1. The van der Waals surface area contributed by atoms with Crippen LogP contribution >= 0.6 is 23.1 Å². The van der Waals surface area contributed by atoms with Gasteiger partial charge in [-0.05, 0) is 30.3 Å². The Kier molecular flexibility index (Phi) is 6.15. The number of methoxy groups -OCH3 is 2. The SMILES string of the molecule is COc1ccc(OC)c(-c2csc(NC(=O)CSc3ccnc4ccccc34)n2)c1. The van der Waals surface area contributed by atoms with E-state index in [0.717, 1.165) is 27.1 Å². The maximum absolute atomic E-state index is 12.5. The molecule has 152 valence electrons. The maximum Gasteiger partial charge on any atom is 0.236 e. The molecule has 2 heterocycles. The standard InChI is InChI=1S/C22H19N3O3S2/c1-27-14-7-8-19(28-2)16(11-14)18-12-30-22(24-18)25-21(26)13-29-20-9-10-23-17-6-4-3-5-15(17)20/h3-12H,13H2,1-2H3,(H,24,25,26). The van der Waals surface area contributed by atoms with Gasteiger partial charge < -0.3 is 14.8 Å². The summed E-state index contributed by atoms with van der Waals surface area (Å²) in [6.07, 6.45) is 1.76. The van der Waals surface area contributed by atoms with Gasteiger partial charge in [0.05, 0.1) is 31.2 Å². The van der Waals surface area contributed by atoms with Crippen molar-refractivity contribution in [2.75, 3.05) is 25.3 Å². The third-order valence-electron chi connectivity index (χ3n) is 4.40. The van der Waals surface area contributed by atoms with E-state index in [0.29, 0.717) is 16.6 Å². The zero-order chi connectivity index (χ0) is 20.9. The second-order valence-electron chi connectivity index (χ2n) is 6.27. The van der Waals surface area contributed by atoms with Crippen LogP contribution in [0.3, 0.4) is 0 Å². The molecule has 8 heteroatoms. The molecule has 0 aliphatic heterocycles. The van der Waals surface area contributed by atoms with E-state index in [1.54, 1.807) is 20.4 Å². The van der Waals surface area contributed by atoms with E-state index in [1.165, 1.54) is 23.1 Å². The molecule has 0 saturated heterocycles. The normalized spacial score (nSPS) is 10.7. The summed E-state index contributed by atoms with van der Waals surface area (Å²) < 4.78 is 10.7. The summed E-state index contributed by atoms with van der Waals surface area (Å²) in [7, 11) is 3.22. The third kappa shape index (κ3) is 4.39. The Morgan fingerprint density at radius 3 is 2.83 bits per heavy atom. The molecule has 0 radical (unpaired) electrons. The van der Waals surface area contributed by atoms with Crippen LogP contribution in [0.1, 0.15) is 0 Å². The summed E-state index contributed by atoms with van der Waals surface area (Å²) in [5.74, 6) is 1.58. The van der Waals surface area contributed by atoms with E-state index in [-0.39, 0.29) is 11.7 Å². The van der Waals surface area contributed by atoms with Gasteiger partial charge in [-0.25, -0.2) is 4.98 Å². The summed E-state index contributed by atoms with van der Waals surface area (Å²) in [4.78, 5) is 22.4. The highest BCUT2D eigenvalue weighted by Gasteiger charge is 2.13. The molecule has 2 aromatic heterocycles. The lowest BCUT2D eigenvalue weighted by Crippen LogP contribution is -2.13. The summed E-state index contributed by atoms with van der Waals surface area (Å²) in [5, 5.41) is 6.34. The average Bonchev–Trinajstić information content (AvgIpc) is 3.25. The summed E-state index contributed by atoms with van der Waals surface area (Å²) in [6.45, 7) is 0. The number of nitrogens with zero attached hydrogens (tertiary/aromatic N) is 2. The van der Waals surface area contributed by atoms with Crippen LogP contribution in [0, 0.1) is 0 Å². The number of thioether (sulfide) groups is 1. The fourth-order valence-corrected chi connectivity index (χ4v) is 4.53. The fourth-order valence-electron chi connectivity index (χ4n) is 2.96. The zero-order valence-electron chi connectivity index (χ0n) is 16.4. The van der Waals surface area contributed by atoms with Gasteiger partial charge in [0.15, 0.2) is 5.13 Å². The van der Waals surface area contributed by atoms with Crippen LogP contribution in [0.2, 0.25) is 0 Å². The monoisotopic (exact) mass is 437 g/mol. The molecular weight excluding hydrogens is 418 g/mol. The van der Waals surface area contributed by atoms with E-state index in [4.69, 9.17) is 9.47 Å². The first-order chi connectivity index (χ1) is 14.7. The number of para-hydroxylation sites is 1. The molecule has 0 saturated carbocycles. The van der Waals surface area contributed by atoms with Gasteiger partial charge in [0.1, 0.15) is 11.5 Å². The quantitative estimate of drug-likeness (QED) is 0.405. The number of rotatable bonds is 7. The predicted molar refractivity (Wildman–Crippen MR) is 122 cm³/mol. The van der Waals surface area contributed by atoms with Crippen LogP contribution in [0.5, 0.6) is 11.5 Å². The van der Waals surface area contributed by atoms with E-state index in [2.05, 4.69) is 15.3 Å². The maximum atomic E-state index is 12.5. The molecule has 2 aromatic carbocycles. The fraction of sp³-hybridized carbons (Fsp3) is 0.136. The Balaban J connectivity index is 1.44. The highest BCUT2D eigenvalue weighted by molar-refractivity contribution is 8.00. The van der Waals surface area contributed by atoms with Gasteiger partial charge in [0.25, 0.3) is 0 Å². The largest absolute Gasteiger partial charge is 0.497 e. The molecule has 0 bridgehead atoms. The number of hydrogen-bond donors (Lipinski definition) is 1. The molecule has 30 heavy (non-hydrogen) atoms. The summed E-state index contributed by atoms with van der Waals surface area (Å²) in [6, 6.07) is 15.4. The van der Waals surface area contributed by atoms with Crippen LogP contribution in [0.25, 0.3) is 22.2 Å². The van der Waals surface area contributed by atoms with E-state index in [1.807, 2.05) is 53.9 Å². The minimum atomic E-state index is -0.112. The number of thiazole rings is 1. The lowest BCUT2D eigenvalue weighted by molar-refractivity contribution is -0.113. The molecule has 0 aliphatic carbocycles. The van der Waals surface area contributed by atoms with Crippen molar-refractivity contribution in [1.29, 1.82) is 0 Å². The predicted octanol–water partition coefficient (Wildman–Crippen LogP) is 5.11. The number of aromatic nitrogens is 2. The molecule has 1 N–H and O–H groups in total. The lowest BCUT2D eigenvalue weighted by Gasteiger charge is -2.08. The average molecular weight is 438 g/mol. The Morgan fingerprint density at radius 1 is 1.13 bits per heavy atom. The number of benzene rings is 2. The number of hydrogen-bond acceptors (Lipinski definition) is 7. The number of carbonyl (C=O) groups is 1. The van der Waals surface area contributed by atoms with Crippen LogP contribution in [-0.4, -0.2) is 35.8 Å². The van der Waals surface area contributed by atoms with Crippen molar-refractivity contribution in [3.63, 3.8) is 0 Å². The van der Waals surface area contributed by atoms with Gasteiger partial charge in [-0.15, -0.1) is 23.1 Å². The Bertz CT molecular complexity index is 1190. The van der Waals surface area contributed by atoms with Crippen molar-refractivity contribution in [2.45, 2.75) is 4.90 Å². The van der Waals surface area contributed by atoms with Crippen molar-refractivity contribution in [1.82, 2.24) is 9.97 Å². The van der Waals surface area contributed by atoms with E-state index in [9.17, 15) is 4.79 Å². The van der Waals surface area contributed by atoms with Gasteiger partial charge in [-0.1, -0.05) is 18.2 Å². The second-order valence-corrected chi connectivity index (χ2v) is 8.14. The number of ether oxygens (including phenoxy) is 2. The van der Waals surface area contributed by atoms with Gasteiger partial charge in [-0.2, -0.15) is 0 Å². The number of pyridine rings is 1. The van der Waals surface area contributed by atoms with Gasteiger partial charge in [0.2, 0.25) is 5.91 Å². The molecule has 4 rings (SSSR count). The van der Waals surface area contributed by atoms with Crippen LogP contribution in [-0.2, 0) is 4.79 Å². The number of amides is 1. The van der Waals surface area contributed by atoms with Crippen molar-refractivity contribution < 1.29 is 14.3 Å². The first-order valence-corrected chi connectivity index (χ1v) is 11.0. The minimum absolute atomic E-state index is 0.112. The molecule has 4 aromatic rings. The smallest absolute Gasteiger partial charge is 0.236 e. The zero-order valence-corrected chi connectivity index (χ0v) is 18.0. The molecule has 0 aliphatic rings. The van der Waals surface area contributed by atoms with Gasteiger partial charge in [0, 0.05) is 27.4 Å². The van der Waals surface area contributed by atoms with Gasteiger partial charge >= 0.3 is 0 Å². The van der Waals surface area contributed by atoms with E-state index >= 15 is 0 Å². The highest BCUT2D eigenvalue weighted by Crippen LogP contribution is 2.35. The van der Waals surface area contributed by atoms with Crippen LogP contribution < -0.4 is 14.8 Å². The van der Waals surface area contributed by atoms with Crippen molar-refractivity contribution in [3.8, 4) is 22.8 Å². The molecule has 1 amide bonds. The first-order valence-electron chi connectivity index (χ1n) is 9.12. The topological polar surface area (TPSA) is 73.3 Å². The van der Waals surface area contributed by atoms with Crippen LogP contribution in [0.15, 0.2) is 65.0 Å². The van der Waals surface area contributed by atoms with Crippen molar-refractivity contribution >= 4 is 45.0 Å². The minimum Gasteiger partial charge on any atom is -0.497 e. The highest BCUT2D eigenvalue weighted by atomic mass is 32.2. The molecule has 0 atom stereocenters. The molecule has 0 spiro atoms. The Hall–Kier alpha value is -3.10. The number of anilines is 1. The third-order valence-corrected chi connectivity index (χ3v) is 6.23. The summed E-state index contributed by atoms with van der Waals surface area (Å²) >= 11 is 2.85. The van der Waals surface area contributed by atoms with E-state index < -0.39 is 0 Å². The number of carbonyl (C=O) groups excluding carboxylic acids is 1. The van der Waals surface area contributed by atoms with Crippen LogP contribution in [0.4, 0.5) is 5.13 Å². The molecule has 0 unspecified atom stereocenters. The summed E-state index contributed by atoms with van der Waals surface area (Å²) in [5.41, 5.74) is 2.45. The number of fused-ring (bicyclic) bond motifs is 1. The molecule has 6 nitrogen and oxygen atoms in total. The molecular formula is C22H19N3O3S2. The van der Waals surface area contributed by atoms with Crippen molar-refractivity contribution in [3.05, 3.63) is 60.1 Å².